The van der Waals surface area contributed by atoms with Crippen LogP contribution in [0.1, 0.15) is 32.3 Å². The van der Waals surface area contributed by atoms with E-state index in [1.165, 1.54) is 6.07 Å². The fourth-order valence-corrected chi connectivity index (χ4v) is 2.10. The van der Waals surface area contributed by atoms with Crippen LogP contribution in [-0.2, 0) is 6.42 Å². The number of hydrogen-bond donors (Lipinski definition) is 1. The van der Waals surface area contributed by atoms with Crippen molar-refractivity contribution in [1.29, 1.82) is 0 Å². The molecule has 0 amide bonds. The zero-order chi connectivity index (χ0) is 12.8. The first-order valence-electron chi connectivity index (χ1n) is 6.14. The van der Waals surface area contributed by atoms with Crippen molar-refractivity contribution >= 4 is 11.6 Å². The standard InChI is InChI=1S/C14H21ClFN/c1-10(2)8-12(17-3)6-4-11-5-7-13(15)14(16)9-11/h5,7,9-10,12,17H,4,6,8H2,1-3H3. The van der Waals surface area contributed by atoms with E-state index in [0.717, 1.165) is 24.8 Å². The van der Waals surface area contributed by atoms with Gasteiger partial charge in [-0.05, 0) is 49.9 Å². The van der Waals surface area contributed by atoms with Gasteiger partial charge in [0.25, 0.3) is 0 Å². The molecule has 0 fully saturated rings. The van der Waals surface area contributed by atoms with E-state index in [1.807, 2.05) is 13.1 Å². The SMILES string of the molecule is CNC(CCc1ccc(Cl)c(F)c1)CC(C)C. The predicted octanol–water partition coefficient (Wildman–Crippen LogP) is 4.05. The Hall–Kier alpha value is -0.600. The van der Waals surface area contributed by atoms with Crippen LogP contribution in [0.25, 0.3) is 0 Å². The number of aryl methyl sites for hydroxylation is 1. The molecule has 3 heteroatoms. The maximum absolute atomic E-state index is 13.2. The van der Waals surface area contributed by atoms with Gasteiger partial charge in [-0.3, -0.25) is 0 Å². The first-order valence-corrected chi connectivity index (χ1v) is 6.52. The lowest BCUT2D eigenvalue weighted by Gasteiger charge is -2.18. The second-order valence-corrected chi connectivity index (χ2v) is 5.31. The lowest BCUT2D eigenvalue weighted by molar-refractivity contribution is 0.421. The molecule has 1 atom stereocenters. The second kappa shape index (κ2) is 6.97. The molecule has 1 aromatic carbocycles. The molecule has 96 valence electrons. The molecule has 0 aliphatic rings. The summed E-state index contributed by atoms with van der Waals surface area (Å²) in [5.41, 5.74) is 1.01. The summed E-state index contributed by atoms with van der Waals surface area (Å²) in [4.78, 5) is 0. The van der Waals surface area contributed by atoms with Crippen molar-refractivity contribution in [3.05, 3.63) is 34.6 Å². The van der Waals surface area contributed by atoms with E-state index in [0.29, 0.717) is 12.0 Å². The van der Waals surface area contributed by atoms with Gasteiger partial charge < -0.3 is 5.32 Å². The minimum atomic E-state index is -0.325. The molecule has 0 saturated heterocycles. The molecule has 0 aromatic heterocycles. The van der Waals surface area contributed by atoms with Crippen LogP contribution in [-0.4, -0.2) is 13.1 Å². The number of rotatable bonds is 6. The molecule has 1 rings (SSSR count). The Labute approximate surface area is 108 Å². The third-order valence-corrected chi connectivity index (χ3v) is 3.24. The molecule has 1 aromatic rings. The summed E-state index contributed by atoms with van der Waals surface area (Å²) in [5, 5.41) is 3.51. The van der Waals surface area contributed by atoms with Crippen molar-refractivity contribution in [2.75, 3.05) is 7.05 Å². The Kier molecular flexibility index (Phi) is 5.93. The van der Waals surface area contributed by atoms with Crippen LogP contribution in [0.3, 0.4) is 0 Å². The fourth-order valence-electron chi connectivity index (χ4n) is 1.99. The van der Waals surface area contributed by atoms with E-state index >= 15 is 0 Å². The van der Waals surface area contributed by atoms with Crippen molar-refractivity contribution in [2.24, 2.45) is 5.92 Å². The lowest BCUT2D eigenvalue weighted by atomic mass is 9.97. The van der Waals surface area contributed by atoms with Gasteiger partial charge in [-0.1, -0.05) is 31.5 Å². The predicted molar refractivity (Wildman–Crippen MR) is 72.0 cm³/mol. The topological polar surface area (TPSA) is 12.0 Å². The molecule has 0 heterocycles. The van der Waals surface area contributed by atoms with Crippen molar-refractivity contribution in [2.45, 2.75) is 39.2 Å². The van der Waals surface area contributed by atoms with E-state index in [-0.39, 0.29) is 10.8 Å². The van der Waals surface area contributed by atoms with Gasteiger partial charge in [-0.15, -0.1) is 0 Å². The van der Waals surface area contributed by atoms with Crippen LogP contribution >= 0.6 is 11.6 Å². The molecular formula is C14H21ClFN. The number of halogens is 2. The molecular weight excluding hydrogens is 237 g/mol. The van der Waals surface area contributed by atoms with Crippen LogP contribution < -0.4 is 5.32 Å². The third-order valence-electron chi connectivity index (χ3n) is 2.93. The first kappa shape index (κ1) is 14.5. The van der Waals surface area contributed by atoms with Gasteiger partial charge in [0.2, 0.25) is 0 Å². The van der Waals surface area contributed by atoms with Gasteiger partial charge >= 0.3 is 0 Å². The van der Waals surface area contributed by atoms with Crippen LogP contribution in [0, 0.1) is 11.7 Å². The summed E-state index contributed by atoms with van der Waals surface area (Å²) < 4.78 is 13.2. The van der Waals surface area contributed by atoms with Crippen LogP contribution in [0.5, 0.6) is 0 Å². The van der Waals surface area contributed by atoms with E-state index in [9.17, 15) is 4.39 Å². The average molecular weight is 258 g/mol. The average Bonchev–Trinajstić information content (AvgIpc) is 2.28. The van der Waals surface area contributed by atoms with E-state index < -0.39 is 0 Å². The Balaban J connectivity index is 2.50. The molecule has 0 bridgehead atoms. The Morgan fingerprint density at radius 2 is 2.06 bits per heavy atom. The van der Waals surface area contributed by atoms with E-state index in [1.54, 1.807) is 6.07 Å². The summed E-state index contributed by atoms with van der Waals surface area (Å²) in [5.74, 6) is 0.350. The van der Waals surface area contributed by atoms with Crippen LogP contribution in [0.15, 0.2) is 18.2 Å². The smallest absolute Gasteiger partial charge is 0.142 e. The number of hydrogen-bond acceptors (Lipinski definition) is 1. The van der Waals surface area contributed by atoms with Gasteiger partial charge in [-0.25, -0.2) is 4.39 Å². The lowest BCUT2D eigenvalue weighted by Crippen LogP contribution is -2.27. The Bertz CT molecular complexity index is 352. The molecule has 0 radical (unpaired) electrons. The van der Waals surface area contributed by atoms with Gasteiger partial charge in [0.15, 0.2) is 0 Å². The van der Waals surface area contributed by atoms with Gasteiger partial charge in [0, 0.05) is 6.04 Å². The maximum atomic E-state index is 13.2. The fraction of sp³-hybridized carbons (Fsp3) is 0.571. The quantitative estimate of drug-likeness (QED) is 0.811. The summed E-state index contributed by atoms with van der Waals surface area (Å²) in [6, 6.07) is 5.55. The van der Waals surface area contributed by atoms with E-state index in [2.05, 4.69) is 19.2 Å². The largest absolute Gasteiger partial charge is 0.317 e. The molecule has 0 spiro atoms. The van der Waals surface area contributed by atoms with Crippen LogP contribution in [0.2, 0.25) is 5.02 Å². The minimum Gasteiger partial charge on any atom is -0.317 e. The monoisotopic (exact) mass is 257 g/mol. The Morgan fingerprint density at radius 3 is 2.59 bits per heavy atom. The summed E-state index contributed by atoms with van der Waals surface area (Å²) >= 11 is 5.65. The van der Waals surface area contributed by atoms with Gasteiger partial charge in [0.05, 0.1) is 5.02 Å². The third kappa shape index (κ3) is 5.05. The summed E-state index contributed by atoms with van der Waals surface area (Å²) in [7, 11) is 1.98. The minimum absolute atomic E-state index is 0.195. The highest BCUT2D eigenvalue weighted by Gasteiger charge is 2.09. The summed E-state index contributed by atoms with van der Waals surface area (Å²) in [6.07, 6.45) is 3.05. The van der Waals surface area contributed by atoms with Crippen molar-refractivity contribution < 1.29 is 4.39 Å². The second-order valence-electron chi connectivity index (χ2n) is 4.90. The Morgan fingerprint density at radius 1 is 1.35 bits per heavy atom. The highest BCUT2D eigenvalue weighted by atomic mass is 35.5. The van der Waals surface area contributed by atoms with E-state index in [4.69, 9.17) is 11.6 Å². The normalized spacial score (nSPS) is 13.1. The van der Waals surface area contributed by atoms with Crippen molar-refractivity contribution in [3.63, 3.8) is 0 Å². The number of benzene rings is 1. The molecule has 0 aliphatic carbocycles. The van der Waals surface area contributed by atoms with Crippen molar-refractivity contribution in [1.82, 2.24) is 5.32 Å². The van der Waals surface area contributed by atoms with Crippen LogP contribution in [0.4, 0.5) is 4.39 Å². The molecule has 0 aliphatic heterocycles. The summed E-state index contributed by atoms with van der Waals surface area (Å²) in [6.45, 7) is 4.43. The molecule has 17 heavy (non-hydrogen) atoms. The highest BCUT2D eigenvalue weighted by molar-refractivity contribution is 6.30. The van der Waals surface area contributed by atoms with Crippen molar-refractivity contribution in [3.8, 4) is 0 Å². The molecule has 1 nitrogen and oxygen atoms in total. The molecule has 0 saturated carbocycles. The first-order chi connectivity index (χ1) is 8.02. The molecule has 1 unspecified atom stereocenters. The maximum Gasteiger partial charge on any atom is 0.142 e. The number of nitrogens with one attached hydrogen (secondary N) is 1. The zero-order valence-electron chi connectivity index (χ0n) is 10.8. The highest BCUT2D eigenvalue weighted by Crippen LogP contribution is 2.18. The zero-order valence-corrected chi connectivity index (χ0v) is 11.5. The molecule has 1 N–H and O–H groups in total. The van der Waals surface area contributed by atoms with Gasteiger partial charge in [0.1, 0.15) is 5.82 Å². The van der Waals surface area contributed by atoms with Gasteiger partial charge in [-0.2, -0.15) is 0 Å².